The second-order valence-corrected chi connectivity index (χ2v) is 6.35. The highest BCUT2D eigenvalue weighted by Gasteiger charge is 2.17. The molecule has 0 unspecified atom stereocenters. The fourth-order valence-corrected chi connectivity index (χ4v) is 2.83. The normalized spacial score (nSPS) is 10.6. The van der Waals surface area contributed by atoms with Gasteiger partial charge in [-0.05, 0) is 38.5 Å². The maximum atomic E-state index is 12.7. The third-order valence-electron chi connectivity index (χ3n) is 4.67. The van der Waals surface area contributed by atoms with Crippen LogP contribution >= 0.6 is 0 Å². The zero-order chi connectivity index (χ0) is 21.1. The van der Waals surface area contributed by atoms with Crippen molar-refractivity contribution in [1.29, 1.82) is 0 Å². The summed E-state index contributed by atoms with van der Waals surface area (Å²) in [7, 11) is 4.49. The molecule has 2 aromatic heterocycles. The Morgan fingerprint density at radius 1 is 0.966 bits per heavy atom. The predicted octanol–water partition coefficient (Wildman–Crippen LogP) is 2.87. The molecule has 3 aromatic rings. The number of rotatable bonds is 6. The Bertz CT molecular complexity index is 1020. The van der Waals surface area contributed by atoms with Crippen molar-refractivity contribution in [2.24, 2.45) is 0 Å². The lowest BCUT2D eigenvalue weighted by Gasteiger charge is -2.14. The Labute approximate surface area is 168 Å². The van der Waals surface area contributed by atoms with E-state index in [4.69, 9.17) is 14.2 Å². The summed E-state index contributed by atoms with van der Waals surface area (Å²) in [5.74, 6) is 1.28. The van der Waals surface area contributed by atoms with Gasteiger partial charge in [-0.2, -0.15) is 5.10 Å². The molecule has 0 atom stereocenters. The number of carbonyl (C=O) groups excluding carboxylic acids is 1. The lowest BCUT2D eigenvalue weighted by Crippen LogP contribution is -2.14. The number of carbonyl (C=O) groups is 1. The lowest BCUT2D eigenvalue weighted by atomic mass is 10.1. The SMILES string of the molecule is COc1cc(C(=O)Nc2cnc(-n3nc(C)c(C)c3C)nc2)cc(OC)c1OC. The van der Waals surface area contributed by atoms with Crippen LogP contribution < -0.4 is 19.5 Å². The predicted molar refractivity (Wildman–Crippen MR) is 107 cm³/mol. The minimum absolute atomic E-state index is 0.345. The van der Waals surface area contributed by atoms with Crippen LogP contribution in [0.3, 0.4) is 0 Å². The molecule has 0 radical (unpaired) electrons. The van der Waals surface area contributed by atoms with Crippen LogP contribution in [-0.2, 0) is 0 Å². The number of hydrogen-bond donors (Lipinski definition) is 1. The lowest BCUT2D eigenvalue weighted by molar-refractivity contribution is 0.102. The average Bonchev–Trinajstić information content (AvgIpc) is 3.00. The van der Waals surface area contributed by atoms with Crippen molar-refractivity contribution >= 4 is 11.6 Å². The Hall–Kier alpha value is -3.62. The first-order valence-electron chi connectivity index (χ1n) is 8.86. The molecule has 0 saturated heterocycles. The Morgan fingerprint density at radius 2 is 1.55 bits per heavy atom. The second-order valence-electron chi connectivity index (χ2n) is 6.35. The number of aryl methyl sites for hydroxylation is 1. The topological polar surface area (TPSA) is 100 Å². The zero-order valence-electron chi connectivity index (χ0n) is 17.2. The van der Waals surface area contributed by atoms with Crippen molar-refractivity contribution in [2.75, 3.05) is 26.6 Å². The van der Waals surface area contributed by atoms with E-state index >= 15 is 0 Å². The van der Waals surface area contributed by atoms with Crippen LogP contribution in [0.5, 0.6) is 17.2 Å². The molecule has 2 heterocycles. The van der Waals surface area contributed by atoms with E-state index in [1.54, 1.807) is 16.8 Å². The number of methoxy groups -OCH3 is 3. The molecule has 29 heavy (non-hydrogen) atoms. The molecule has 0 fully saturated rings. The molecule has 9 nitrogen and oxygen atoms in total. The Kier molecular flexibility index (Phi) is 5.67. The molecule has 9 heteroatoms. The summed E-state index contributed by atoms with van der Waals surface area (Å²) < 4.78 is 17.5. The van der Waals surface area contributed by atoms with E-state index in [-0.39, 0.29) is 5.91 Å². The zero-order valence-corrected chi connectivity index (χ0v) is 17.2. The monoisotopic (exact) mass is 397 g/mol. The molecule has 0 aliphatic heterocycles. The largest absolute Gasteiger partial charge is 0.493 e. The standard InChI is InChI=1S/C20H23N5O4/c1-11-12(2)24-25(13(11)3)20-21-9-15(10-22-20)23-19(26)14-7-16(27-4)18(29-6)17(8-14)28-5/h7-10H,1-6H3,(H,23,26). The van der Waals surface area contributed by atoms with Gasteiger partial charge >= 0.3 is 0 Å². The number of amides is 1. The van der Waals surface area contributed by atoms with Crippen molar-refractivity contribution < 1.29 is 19.0 Å². The van der Waals surface area contributed by atoms with Crippen LogP contribution in [0.2, 0.25) is 0 Å². The van der Waals surface area contributed by atoms with Gasteiger partial charge in [-0.25, -0.2) is 14.6 Å². The van der Waals surface area contributed by atoms with E-state index in [0.717, 1.165) is 17.0 Å². The van der Waals surface area contributed by atoms with E-state index in [0.29, 0.717) is 34.4 Å². The minimum Gasteiger partial charge on any atom is -0.493 e. The van der Waals surface area contributed by atoms with Crippen molar-refractivity contribution in [3.8, 4) is 23.2 Å². The van der Waals surface area contributed by atoms with Crippen LogP contribution in [0.25, 0.3) is 5.95 Å². The highest BCUT2D eigenvalue weighted by atomic mass is 16.5. The summed E-state index contributed by atoms with van der Waals surface area (Å²) in [6.45, 7) is 5.89. The van der Waals surface area contributed by atoms with Gasteiger partial charge in [0.25, 0.3) is 11.9 Å². The first kappa shape index (κ1) is 20.1. The van der Waals surface area contributed by atoms with Gasteiger partial charge in [-0.1, -0.05) is 0 Å². The molecule has 0 aliphatic rings. The van der Waals surface area contributed by atoms with Crippen LogP contribution in [0, 0.1) is 20.8 Å². The fraction of sp³-hybridized carbons (Fsp3) is 0.300. The molecular formula is C20H23N5O4. The average molecular weight is 397 g/mol. The number of nitrogens with zero attached hydrogens (tertiary/aromatic N) is 4. The maximum Gasteiger partial charge on any atom is 0.256 e. The van der Waals surface area contributed by atoms with Crippen LogP contribution in [0.15, 0.2) is 24.5 Å². The molecule has 1 N–H and O–H groups in total. The van der Waals surface area contributed by atoms with Gasteiger partial charge in [0.1, 0.15) is 0 Å². The van der Waals surface area contributed by atoms with E-state index in [1.165, 1.54) is 33.7 Å². The molecule has 0 bridgehead atoms. The van der Waals surface area contributed by atoms with Crippen LogP contribution in [0.4, 0.5) is 5.69 Å². The van der Waals surface area contributed by atoms with E-state index in [9.17, 15) is 4.79 Å². The Balaban J connectivity index is 1.83. The molecule has 0 saturated carbocycles. The smallest absolute Gasteiger partial charge is 0.256 e. The molecule has 3 rings (SSSR count). The fourth-order valence-electron chi connectivity index (χ4n) is 2.83. The number of hydrogen-bond acceptors (Lipinski definition) is 7. The first-order chi connectivity index (χ1) is 13.9. The van der Waals surface area contributed by atoms with Gasteiger partial charge in [0.2, 0.25) is 5.75 Å². The highest BCUT2D eigenvalue weighted by Crippen LogP contribution is 2.38. The van der Waals surface area contributed by atoms with Crippen LogP contribution in [-0.4, -0.2) is 47.0 Å². The second kappa shape index (κ2) is 8.17. The maximum absolute atomic E-state index is 12.7. The Morgan fingerprint density at radius 3 is 2.00 bits per heavy atom. The number of benzene rings is 1. The van der Waals surface area contributed by atoms with Gasteiger partial charge < -0.3 is 19.5 Å². The summed E-state index contributed by atoms with van der Waals surface area (Å²) in [6.07, 6.45) is 3.06. The van der Waals surface area contributed by atoms with Crippen LogP contribution in [0.1, 0.15) is 27.3 Å². The molecule has 0 spiro atoms. The molecule has 0 aliphatic carbocycles. The molecular weight excluding hydrogens is 374 g/mol. The first-order valence-corrected chi connectivity index (χ1v) is 8.86. The summed E-state index contributed by atoms with van der Waals surface area (Å²) in [5.41, 5.74) is 3.78. The molecule has 1 aromatic carbocycles. The van der Waals surface area contributed by atoms with Crippen molar-refractivity contribution in [1.82, 2.24) is 19.7 Å². The third kappa shape index (κ3) is 3.84. The molecule has 1 amide bonds. The quantitative estimate of drug-likeness (QED) is 0.682. The number of ether oxygens (including phenoxy) is 3. The number of anilines is 1. The summed E-state index contributed by atoms with van der Waals surface area (Å²) in [4.78, 5) is 21.3. The van der Waals surface area contributed by atoms with Gasteiger partial charge in [-0.3, -0.25) is 4.79 Å². The van der Waals surface area contributed by atoms with Crippen molar-refractivity contribution in [2.45, 2.75) is 20.8 Å². The highest BCUT2D eigenvalue weighted by molar-refractivity contribution is 6.05. The summed E-state index contributed by atoms with van der Waals surface area (Å²) in [5, 5.41) is 7.20. The van der Waals surface area contributed by atoms with E-state index in [2.05, 4.69) is 20.4 Å². The number of nitrogens with one attached hydrogen (secondary N) is 1. The van der Waals surface area contributed by atoms with E-state index < -0.39 is 0 Å². The van der Waals surface area contributed by atoms with Gasteiger partial charge in [-0.15, -0.1) is 0 Å². The van der Waals surface area contributed by atoms with Gasteiger partial charge in [0.05, 0.1) is 45.1 Å². The van der Waals surface area contributed by atoms with Crippen molar-refractivity contribution in [3.05, 3.63) is 47.0 Å². The van der Waals surface area contributed by atoms with Gasteiger partial charge in [0, 0.05) is 11.3 Å². The van der Waals surface area contributed by atoms with E-state index in [1.807, 2.05) is 20.8 Å². The summed E-state index contributed by atoms with van der Waals surface area (Å²) in [6, 6.07) is 3.15. The van der Waals surface area contributed by atoms with Gasteiger partial charge in [0.15, 0.2) is 11.5 Å². The van der Waals surface area contributed by atoms with Crippen molar-refractivity contribution in [3.63, 3.8) is 0 Å². The number of aromatic nitrogens is 4. The third-order valence-corrected chi connectivity index (χ3v) is 4.67. The minimum atomic E-state index is -0.359. The molecule has 152 valence electrons. The summed E-state index contributed by atoms with van der Waals surface area (Å²) >= 11 is 0.